The van der Waals surface area contributed by atoms with Crippen molar-refractivity contribution in [3.05, 3.63) is 35.9 Å². The molecule has 9 heteroatoms. The van der Waals surface area contributed by atoms with Crippen LogP contribution >= 0.6 is 12.2 Å². The largest absolute Gasteiger partial charge is 0.379 e. The standard InChI is InChI=1S/C17H21N3O4S2/c21-16(19-17(25)18-14-4-5-14)8-3-13-1-6-15(7-2-13)26(22,23)20-9-11-24-12-10-20/h1-3,6-8,14H,4-5,9-12H2,(H2,18,19,21,25)/b8-3+. The number of sulfonamides is 1. The van der Waals surface area contributed by atoms with Crippen molar-refractivity contribution in [3.63, 3.8) is 0 Å². The highest BCUT2D eigenvalue weighted by atomic mass is 32.2. The number of rotatable bonds is 5. The molecule has 0 radical (unpaired) electrons. The zero-order chi connectivity index (χ0) is 18.6. The summed E-state index contributed by atoms with van der Waals surface area (Å²) in [7, 11) is -3.51. The lowest BCUT2D eigenvalue weighted by Crippen LogP contribution is -2.40. The van der Waals surface area contributed by atoms with E-state index >= 15 is 0 Å². The van der Waals surface area contributed by atoms with E-state index in [1.54, 1.807) is 30.3 Å². The highest BCUT2D eigenvalue weighted by Crippen LogP contribution is 2.19. The van der Waals surface area contributed by atoms with Crippen molar-refractivity contribution in [1.82, 2.24) is 14.9 Å². The Kier molecular flexibility index (Phi) is 6.02. The van der Waals surface area contributed by atoms with E-state index in [1.807, 2.05) is 0 Å². The number of thiocarbonyl (C=S) groups is 1. The molecule has 3 rings (SSSR count). The van der Waals surface area contributed by atoms with Crippen molar-refractivity contribution in [2.24, 2.45) is 0 Å². The Balaban J connectivity index is 1.58. The van der Waals surface area contributed by atoms with E-state index in [0.29, 0.717) is 37.5 Å². The fourth-order valence-electron chi connectivity index (χ4n) is 2.46. The van der Waals surface area contributed by atoms with Gasteiger partial charge < -0.3 is 10.1 Å². The van der Waals surface area contributed by atoms with Crippen LogP contribution in [0.25, 0.3) is 6.08 Å². The highest BCUT2D eigenvalue weighted by molar-refractivity contribution is 7.89. The fourth-order valence-corrected chi connectivity index (χ4v) is 4.14. The van der Waals surface area contributed by atoms with Crippen molar-refractivity contribution in [2.75, 3.05) is 26.3 Å². The van der Waals surface area contributed by atoms with E-state index < -0.39 is 10.0 Å². The van der Waals surface area contributed by atoms with Crippen LogP contribution in [0.1, 0.15) is 18.4 Å². The molecule has 140 valence electrons. The molecule has 2 fully saturated rings. The van der Waals surface area contributed by atoms with Crippen molar-refractivity contribution in [3.8, 4) is 0 Å². The van der Waals surface area contributed by atoms with Crippen molar-refractivity contribution >= 4 is 39.3 Å². The Labute approximate surface area is 158 Å². The summed E-state index contributed by atoms with van der Waals surface area (Å²) in [5, 5.41) is 5.93. The lowest BCUT2D eigenvalue weighted by Gasteiger charge is -2.26. The van der Waals surface area contributed by atoms with Gasteiger partial charge in [0.2, 0.25) is 15.9 Å². The van der Waals surface area contributed by atoms with Gasteiger partial charge in [-0.1, -0.05) is 12.1 Å². The Hall–Kier alpha value is -1.81. The molecule has 7 nitrogen and oxygen atoms in total. The van der Waals surface area contributed by atoms with Crippen molar-refractivity contribution in [2.45, 2.75) is 23.8 Å². The first-order valence-electron chi connectivity index (χ1n) is 8.43. The van der Waals surface area contributed by atoms with Crippen LogP contribution in [0.3, 0.4) is 0 Å². The topological polar surface area (TPSA) is 87.7 Å². The number of carbonyl (C=O) groups excluding carboxylic acids is 1. The van der Waals surface area contributed by atoms with Gasteiger partial charge in [0.05, 0.1) is 18.1 Å². The summed E-state index contributed by atoms with van der Waals surface area (Å²) >= 11 is 5.04. The van der Waals surface area contributed by atoms with E-state index in [-0.39, 0.29) is 10.8 Å². The number of ether oxygens (including phenoxy) is 1. The fraction of sp³-hybridized carbons (Fsp3) is 0.412. The SMILES string of the molecule is O=C(/C=C/c1ccc(S(=O)(=O)N2CCOCC2)cc1)NC(=S)NC1CC1. The molecule has 0 atom stereocenters. The first kappa shape index (κ1) is 19.0. The lowest BCUT2D eigenvalue weighted by atomic mass is 10.2. The number of hydrogen-bond donors (Lipinski definition) is 2. The van der Waals surface area contributed by atoms with E-state index in [0.717, 1.165) is 18.4 Å². The Morgan fingerprint density at radius 1 is 1.19 bits per heavy atom. The third-order valence-electron chi connectivity index (χ3n) is 4.06. The molecule has 1 aliphatic heterocycles. The second-order valence-corrected chi connectivity index (χ2v) is 8.50. The summed E-state index contributed by atoms with van der Waals surface area (Å²) in [5.74, 6) is -0.326. The summed E-state index contributed by atoms with van der Waals surface area (Å²) in [4.78, 5) is 12.1. The summed E-state index contributed by atoms with van der Waals surface area (Å²) < 4.78 is 31.7. The van der Waals surface area contributed by atoms with Gasteiger partial charge in [-0.3, -0.25) is 10.1 Å². The third kappa shape index (κ3) is 5.10. The molecule has 2 aliphatic rings. The molecule has 1 aromatic carbocycles. The minimum atomic E-state index is -3.51. The van der Waals surface area contributed by atoms with Gasteiger partial charge in [0.1, 0.15) is 0 Å². The molecule has 1 saturated heterocycles. The van der Waals surface area contributed by atoms with Crippen LogP contribution in [0.5, 0.6) is 0 Å². The van der Waals surface area contributed by atoms with Crippen LogP contribution in [-0.4, -0.2) is 56.1 Å². The van der Waals surface area contributed by atoms with E-state index in [9.17, 15) is 13.2 Å². The van der Waals surface area contributed by atoms with Crippen LogP contribution in [0.15, 0.2) is 35.2 Å². The van der Waals surface area contributed by atoms with Crippen LogP contribution in [0.4, 0.5) is 0 Å². The predicted molar refractivity (Wildman–Crippen MR) is 102 cm³/mol. The maximum absolute atomic E-state index is 12.5. The molecule has 1 saturated carbocycles. The number of nitrogens with one attached hydrogen (secondary N) is 2. The van der Waals surface area contributed by atoms with Gasteiger partial charge in [-0.25, -0.2) is 8.42 Å². The van der Waals surface area contributed by atoms with Crippen LogP contribution in [-0.2, 0) is 19.6 Å². The second kappa shape index (κ2) is 8.26. The first-order chi connectivity index (χ1) is 12.4. The Morgan fingerprint density at radius 2 is 1.85 bits per heavy atom. The average molecular weight is 396 g/mol. The molecule has 1 heterocycles. The number of nitrogens with zero attached hydrogens (tertiary/aromatic N) is 1. The highest BCUT2D eigenvalue weighted by Gasteiger charge is 2.26. The molecule has 0 aromatic heterocycles. The predicted octanol–water partition coefficient (Wildman–Crippen LogP) is 0.874. The quantitative estimate of drug-likeness (QED) is 0.568. The third-order valence-corrected chi connectivity index (χ3v) is 6.20. The molecule has 1 aliphatic carbocycles. The van der Waals surface area contributed by atoms with Crippen LogP contribution in [0.2, 0.25) is 0 Å². The van der Waals surface area contributed by atoms with E-state index in [4.69, 9.17) is 17.0 Å². The molecule has 2 N–H and O–H groups in total. The molecule has 0 bridgehead atoms. The van der Waals surface area contributed by atoms with Gasteiger partial charge in [0.15, 0.2) is 5.11 Å². The Bertz CT molecular complexity index is 796. The van der Waals surface area contributed by atoms with Gasteiger partial charge in [-0.15, -0.1) is 0 Å². The molecule has 26 heavy (non-hydrogen) atoms. The number of amides is 1. The van der Waals surface area contributed by atoms with Gasteiger partial charge >= 0.3 is 0 Å². The van der Waals surface area contributed by atoms with Crippen molar-refractivity contribution in [1.29, 1.82) is 0 Å². The summed E-state index contributed by atoms with van der Waals surface area (Å²) in [5.41, 5.74) is 0.724. The summed E-state index contributed by atoms with van der Waals surface area (Å²) in [6.45, 7) is 1.54. The van der Waals surface area contributed by atoms with E-state index in [1.165, 1.54) is 10.4 Å². The molecule has 0 unspecified atom stereocenters. The van der Waals surface area contributed by atoms with Crippen molar-refractivity contribution < 1.29 is 17.9 Å². The van der Waals surface area contributed by atoms with E-state index in [2.05, 4.69) is 10.6 Å². The van der Waals surface area contributed by atoms with Gasteiger partial charge in [0.25, 0.3) is 0 Å². The maximum Gasteiger partial charge on any atom is 0.250 e. The molecule has 1 amide bonds. The van der Waals surface area contributed by atoms with Gasteiger partial charge in [-0.05, 0) is 48.8 Å². The molecular weight excluding hydrogens is 374 g/mol. The number of carbonyl (C=O) groups is 1. The molecule has 0 spiro atoms. The van der Waals surface area contributed by atoms with Crippen LogP contribution in [0, 0.1) is 0 Å². The second-order valence-electron chi connectivity index (χ2n) is 6.16. The zero-order valence-electron chi connectivity index (χ0n) is 14.2. The minimum Gasteiger partial charge on any atom is -0.379 e. The van der Waals surface area contributed by atoms with Gasteiger partial charge in [0, 0.05) is 25.2 Å². The Morgan fingerprint density at radius 3 is 2.46 bits per heavy atom. The smallest absolute Gasteiger partial charge is 0.250 e. The summed E-state index contributed by atoms with van der Waals surface area (Å²) in [6.07, 6.45) is 5.13. The van der Waals surface area contributed by atoms with Gasteiger partial charge in [-0.2, -0.15) is 4.31 Å². The minimum absolute atomic E-state index is 0.232. The van der Waals surface area contributed by atoms with Crippen LogP contribution < -0.4 is 10.6 Å². The number of benzene rings is 1. The maximum atomic E-state index is 12.5. The number of hydrogen-bond acceptors (Lipinski definition) is 5. The normalized spacial score (nSPS) is 18.6. The lowest BCUT2D eigenvalue weighted by molar-refractivity contribution is -0.115. The molecular formula is C17H21N3O4S2. The average Bonchev–Trinajstić information content (AvgIpc) is 3.45. The molecule has 1 aromatic rings. The number of morpholine rings is 1. The summed E-state index contributed by atoms with van der Waals surface area (Å²) in [6, 6.07) is 6.80. The monoisotopic (exact) mass is 395 g/mol. The first-order valence-corrected chi connectivity index (χ1v) is 10.3. The zero-order valence-corrected chi connectivity index (χ0v) is 15.8.